The van der Waals surface area contributed by atoms with E-state index in [4.69, 9.17) is 0 Å². The molecule has 0 spiro atoms. The Bertz CT molecular complexity index is 1190. The maximum absolute atomic E-state index is 16.0. The molecule has 0 bridgehead atoms. The van der Waals surface area contributed by atoms with Gasteiger partial charge in [0.1, 0.15) is 5.71 Å². The molecule has 2 aromatic rings. The molecule has 0 amide bonds. The SMILES string of the molecule is CC1=C(C)C(C)=[N+]2C1=C(c1c(C)cc(C)cc1C)c1c(C)c(I)c(C)n1[B-]2(F)F. The van der Waals surface area contributed by atoms with Gasteiger partial charge in [-0.05, 0) is 99.0 Å². The molecule has 6 heteroatoms. The van der Waals surface area contributed by atoms with Crippen LogP contribution in [0.4, 0.5) is 8.63 Å². The van der Waals surface area contributed by atoms with Crippen molar-refractivity contribution in [2.45, 2.75) is 55.4 Å². The lowest BCUT2D eigenvalue weighted by atomic mass is 9.81. The van der Waals surface area contributed by atoms with Gasteiger partial charge in [0.15, 0.2) is 5.70 Å². The molecule has 4 rings (SSSR count). The normalized spacial score (nSPS) is 18.0. The zero-order valence-electron chi connectivity index (χ0n) is 18.3. The van der Waals surface area contributed by atoms with Gasteiger partial charge in [-0.25, -0.2) is 0 Å². The average molecular weight is 506 g/mol. The predicted octanol–water partition coefficient (Wildman–Crippen LogP) is 6.45. The van der Waals surface area contributed by atoms with E-state index in [1.807, 2.05) is 34.6 Å². The van der Waals surface area contributed by atoms with Crippen molar-refractivity contribution in [1.29, 1.82) is 0 Å². The minimum atomic E-state index is -3.96. The van der Waals surface area contributed by atoms with Crippen LogP contribution in [0.5, 0.6) is 0 Å². The summed E-state index contributed by atoms with van der Waals surface area (Å²) >= 11 is 2.21. The van der Waals surface area contributed by atoms with Crippen LogP contribution in [0.2, 0.25) is 0 Å². The number of nitrogens with zero attached hydrogens (tertiary/aromatic N) is 2. The number of aryl methyl sites for hydroxylation is 3. The van der Waals surface area contributed by atoms with Gasteiger partial charge >= 0.3 is 6.97 Å². The van der Waals surface area contributed by atoms with Gasteiger partial charge in [-0.3, -0.25) is 0 Å². The first-order valence-electron chi connectivity index (χ1n) is 9.94. The summed E-state index contributed by atoms with van der Waals surface area (Å²) in [6, 6.07) is 4.30. The fourth-order valence-electron chi connectivity index (χ4n) is 5.24. The second kappa shape index (κ2) is 6.40. The number of halogens is 3. The third-order valence-electron chi connectivity index (χ3n) is 6.69. The highest BCUT2D eigenvalue weighted by atomic mass is 127. The number of benzene rings is 1. The number of hydrogen-bond donors (Lipinski definition) is 0. The summed E-state index contributed by atoms with van der Waals surface area (Å²) in [6.07, 6.45) is 0. The van der Waals surface area contributed by atoms with Gasteiger partial charge in [-0.2, -0.15) is 0 Å². The van der Waals surface area contributed by atoms with E-state index in [0.717, 1.165) is 42.5 Å². The Labute approximate surface area is 185 Å². The highest BCUT2D eigenvalue weighted by Gasteiger charge is 2.56. The summed E-state index contributed by atoms with van der Waals surface area (Å²) in [5, 5.41) is 0. The molecule has 2 nitrogen and oxygen atoms in total. The van der Waals surface area contributed by atoms with Crippen molar-refractivity contribution in [2.24, 2.45) is 0 Å². The van der Waals surface area contributed by atoms with Crippen molar-refractivity contribution in [3.8, 4) is 0 Å². The highest BCUT2D eigenvalue weighted by Crippen LogP contribution is 2.47. The summed E-state index contributed by atoms with van der Waals surface area (Å²) in [7, 11) is 0. The lowest BCUT2D eigenvalue weighted by Gasteiger charge is -2.34. The molecule has 2 aliphatic rings. The van der Waals surface area contributed by atoms with Gasteiger partial charge in [-0.15, -0.1) is 0 Å². The molecule has 0 saturated heterocycles. The Balaban J connectivity index is 2.29. The first-order chi connectivity index (χ1) is 13.4. The molecule has 1 aromatic heterocycles. The van der Waals surface area contributed by atoms with Crippen molar-refractivity contribution in [1.82, 2.24) is 4.48 Å². The molecule has 2 aliphatic heterocycles. The Morgan fingerprint density at radius 2 is 1.45 bits per heavy atom. The molecule has 0 N–H and O–H groups in total. The average Bonchev–Trinajstić information content (AvgIpc) is 2.98. The second-order valence-corrected chi connectivity index (χ2v) is 9.61. The Kier molecular flexibility index (Phi) is 4.54. The number of fused-ring (bicyclic) bond motifs is 2. The van der Waals surface area contributed by atoms with Gasteiger partial charge in [0, 0.05) is 27.3 Å². The van der Waals surface area contributed by atoms with Crippen molar-refractivity contribution in [3.63, 3.8) is 0 Å². The maximum atomic E-state index is 16.0. The molecular weight excluding hydrogens is 480 g/mol. The van der Waals surface area contributed by atoms with Crippen LogP contribution >= 0.6 is 22.6 Å². The fourth-order valence-corrected chi connectivity index (χ4v) is 5.75. The first kappa shape index (κ1) is 20.6. The Hall–Kier alpha value is -1.70. The van der Waals surface area contributed by atoms with Crippen molar-refractivity contribution in [2.75, 3.05) is 0 Å². The smallest absolute Gasteiger partial charge is 0.392 e. The molecule has 0 unspecified atom stereocenters. The second-order valence-electron chi connectivity index (χ2n) is 8.53. The van der Waals surface area contributed by atoms with Gasteiger partial charge < -0.3 is 17.6 Å². The molecule has 3 heterocycles. The molecule has 0 saturated carbocycles. The van der Waals surface area contributed by atoms with E-state index in [1.54, 1.807) is 0 Å². The van der Waals surface area contributed by atoms with E-state index in [2.05, 4.69) is 55.5 Å². The molecule has 0 radical (unpaired) electrons. The number of rotatable bonds is 1. The molecule has 0 fully saturated rings. The standard InChI is InChI=1S/C23H26BF2IN2/c1-11-9-12(2)19(13(3)10-11)20-22-15(5)14(4)17(7)28(22)24(25,26)29-18(8)21(27)16(6)23(20)29/h9-10H,1-8H3. The zero-order chi connectivity index (χ0) is 21.6. The molecule has 152 valence electrons. The summed E-state index contributed by atoms with van der Waals surface area (Å²) in [4.78, 5) is 0. The molecule has 0 aliphatic carbocycles. The number of aromatic nitrogens is 1. The third kappa shape index (κ3) is 2.53. The Morgan fingerprint density at radius 1 is 0.897 bits per heavy atom. The van der Waals surface area contributed by atoms with Crippen LogP contribution in [0, 0.1) is 38.2 Å². The summed E-state index contributed by atoms with van der Waals surface area (Å²) in [6.45, 7) is 11.8. The lowest BCUT2D eigenvalue weighted by Crippen LogP contribution is -2.51. The maximum Gasteiger partial charge on any atom is 0.737 e. The topological polar surface area (TPSA) is 7.94 Å². The third-order valence-corrected chi connectivity index (χ3v) is 8.28. The highest BCUT2D eigenvalue weighted by molar-refractivity contribution is 14.1. The molecular formula is C23H26BF2IN2. The molecule has 1 aromatic carbocycles. The van der Waals surface area contributed by atoms with Crippen LogP contribution in [0.25, 0.3) is 5.57 Å². The van der Waals surface area contributed by atoms with Crippen molar-refractivity contribution in [3.05, 3.63) is 71.8 Å². The van der Waals surface area contributed by atoms with Gasteiger partial charge in [-0.1, -0.05) is 17.7 Å². The largest absolute Gasteiger partial charge is 0.737 e. The summed E-state index contributed by atoms with van der Waals surface area (Å²) in [5.41, 5.74) is 10.9. The Morgan fingerprint density at radius 3 is 2.00 bits per heavy atom. The monoisotopic (exact) mass is 506 g/mol. The number of allylic oxidation sites excluding steroid dienone is 2. The van der Waals surface area contributed by atoms with Crippen molar-refractivity contribution >= 4 is 40.8 Å². The van der Waals surface area contributed by atoms with Crippen molar-refractivity contribution < 1.29 is 13.1 Å². The first-order valence-corrected chi connectivity index (χ1v) is 11.0. The van der Waals surface area contributed by atoms with E-state index in [-0.39, 0.29) is 0 Å². The lowest BCUT2D eigenvalue weighted by molar-refractivity contribution is -0.363. The van der Waals surface area contributed by atoms with Crippen LogP contribution < -0.4 is 0 Å². The molecule has 0 atom stereocenters. The van der Waals surface area contributed by atoms with E-state index >= 15 is 8.63 Å². The zero-order valence-corrected chi connectivity index (χ0v) is 20.4. The van der Waals surface area contributed by atoms with Gasteiger partial charge in [0.25, 0.3) is 0 Å². The fraction of sp³-hybridized carbons (Fsp3) is 0.348. The van der Waals surface area contributed by atoms with E-state index in [9.17, 15) is 0 Å². The van der Waals surface area contributed by atoms with Gasteiger partial charge in [0.05, 0.1) is 5.57 Å². The van der Waals surface area contributed by atoms with Crippen LogP contribution in [-0.2, 0) is 0 Å². The van der Waals surface area contributed by atoms with E-state index < -0.39 is 6.97 Å². The van der Waals surface area contributed by atoms with E-state index in [0.29, 0.717) is 22.8 Å². The van der Waals surface area contributed by atoms with Crippen LogP contribution in [0.1, 0.15) is 60.0 Å². The summed E-state index contributed by atoms with van der Waals surface area (Å²) < 4.78 is 35.6. The minimum absolute atomic E-state index is 0.636. The van der Waals surface area contributed by atoms with Crippen LogP contribution in [-0.4, -0.2) is 21.6 Å². The van der Waals surface area contributed by atoms with Crippen LogP contribution in [0.15, 0.2) is 29.0 Å². The quantitative estimate of drug-likeness (QED) is 0.310. The van der Waals surface area contributed by atoms with E-state index in [1.165, 1.54) is 14.5 Å². The van der Waals surface area contributed by atoms with Gasteiger partial charge in [0.2, 0.25) is 0 Å². The minimum Gasteiger partial charge on any atom is -0.392 e. The van der Waals surface area contributed by atoms with Crippen LogP contribution in [0.3, 0.4) is 0 Å². The number of hydrogen-bond acceptors (Lipinski definition) is 0. The summed E-state index contributed by atoms with van der Waals surface area (Å²) in [5.74, 6) is 0. The predicted molar refractivity (Wildman–Crippen MR) is 126 cm³/mol. The molecule has 29 heavy (non-hydrogen) atoms.